The second-order valence-corrected chi connectivity index (χ2v) is 8.56. The van der Waals surface area contributed by atoms with E-state index in [9.17, 15) is 22.8 Å². The zero-order chi connectivity index (χ0) is 23.6. The van der Waals surface area contributed by atoms with Gasteiger partial charge in [-0.2, -0.15) is 13.2 Å². The highest BCUT2D eigenvalue weighted by Crippen LogP contribution is 2.36. The van der Waals surface area contributed by atoms with Crippen molar-refractivity contribution in [3.05, 3.63) is 88.6 Å². The predicted octanol–water partition coefficient (Wildman–Crippen LogP) is 4.79. The van der Waals surface area contributed by atoms with Crippen LogP contribution in [-0.2, 0) is 17.4 Å². The maximum absolute atomic E-state index is 13.0. The van der Waals surface area contributed by atoms with Crippen LogP contribution in [0.25, 0.3) is 21.2 Å². The van der Waals surface area contributed by atoms with Gasteiger partial charge in [-0.05, 0) is 29.1 Å². The van der Waals surface area contributed by atoms with Crippen molar-refractivity contribution in [3.8, 4) is 11.1 Å². The van der Waals surface area contributed by atoms with Crippen molar-refractivity contribution in [3.63, 3.8) is 0 Å². The lowest BCUT2D eigenvalue weighted by molar-refractivity contribution is -0.137. The third kappa shape index (κ3) is 5.20. The van der Waals surface area contributed by atoms with Crippen LogP contribution in [0.4, 0.5) is 13.2 Å². The molecule has 4 rings (SSSR count). The minimum atomic E-state index is -4.38. The highest BCUT2D eigenvalue weighted by atomic mass is 32.1. The number of amides is 2. The Morgan fingerprint density at radius 2 is 1.82 bits per heavy atom. The molecule has 0 radical (unpaired) electrons. The highest BCUT2D eigenvalue weighted by molar-refractivity contribution is 7.19. The smallest absolute Gasteiger partial charge is 0.368 e. The molecule has 0 saturated carbocycles. The van der Waals surface area contributed by atoms with E-state index in [4.69, 9.17) is 5.73 Å². The Hall–Kier alpha value is -3.72. The van der Waals surface area contributed by atoms with Crippen molar-refractivity contribution in [1.82, 2.24) is 10.3 Å². The first-order chi connectivity index (χ1) is 15.7. The molecule has 0 atom stereocenters. The Bertz CT molecular complexity index is 1350. The number of halogens is 3. The summed E-state index contributed by atoms with van der Waals surface area (Å²) in [6, 6.07) is 14.7. The minimum absolute atomic E-state index is 0.275. The maximum Gasteiger partial charge on any atom is 0.416 e. The number of thiophene rings is 1. The molecule has 0 aliphatic rings. The molecule has 0 saturated heterocycles. The summed E-state index contributed by atoms with van der Waals surface area (Å²) >= 11 is 1.48. The molecule has 2 amide bonds. The van der Waals surface area contributed by atoms with Crippen LogP contribution in [0.1, 0.15) is 26.4 Å². The summed E-state index contributed by atoms with van der Waals surface area (Å²) in [6.45, 7) is -0.275. The maximum atomic E-state index is 13.0. The standard InChI is InChI=1S/C24H18F3N3O2S/c25-24(26,27)18-5-1-3-14(7-18)8-19-10-15-4-2-6-20(22(15)33-19)16-9-17(12-29-11-16)23(32)30-13-21(28)31/h1-7,9-12H,8,13H2,(H2,28,31)(H,30,32). The van der Waals surface area contributed by atoms with E-state index < -0.39 is 23.6 Å². The van der Waals surface area contributed by atoms with Crippen LogP contribution in [0, 0.1) is 0 Å². The number of hydrogen-bond acceptors (Lipinski definition) is 4. The van der Waals surface area contributed by atoms with Gasteiger partial charge in [-0.25, -0.2) is 0 Å². The average Bonchev–Trinajstić information content (AvgIpc) is 3.19. The molecule has 168 valence electrons. The van der Waals surface area contributed by atoms with Gasteiger partial charge in [0.25, 0.3) is 5.91 Å². The molecule has 0 aliphatic heterocycles. The number of alkyl halides is 3. The van der Waals surface area contributed by atoms with Crippen LogP contribution in [-0.4, -0.2) is 23.3 Å². The number of primary amides is 1. The first-order valence-corrected chi connectivity index (χ1v) is 10.7. The van der Waals surface area contributed by atoms with Crippen LogP contribution in [0.2, 0.25) is 0 Å². The molecule has 2 aromatic carbocycles. The van der Waals surface area contributed by atoms with Gasteiger partial charge in [0.05, 0.1) is 17.7 Å². The van der Waals surface area contributed by atoms with E-state index in [0.29, 0.717) is 17.5 Å². The van der Waals surface area contributed by atoms with Gasteiger partial charge < -0.3 is 11.1 Å². The molecule has 3 N–H and O–H groups in total. The van der Waals surface area contributed by atoms with E-state index in [1.165, 1.54) is 29.7 Å². The van der Waals surface area contributed by atoms with Gasteiger partial charge in [0.15, 0.2) is 0 Å². The molecule has 0 spiro atoms. The number of fused-ring (bicyclic) bond motifs is 1. The van der Waals surface area contributed by atoms with Gasteiger partial charge in [-0.15, -0.1) is 11.3 Å². The molecule has 0 fully saturated rings. The number of pyridine rings is 1. The molecule has 5 nitrogen and oxygen atoms in total. The largest absolute Gasteiger partial charge is 0.416 e. The first-order valence-electron chi connectivity index (χ1n) is 9.90. The van der Waals surface area contributed by atoms with Crippen molar-refractivity contribution in [1.29, 1.82) is 0 Å². The second kappa shape index (κ2) is 9.03. The first kappa shape index (κ1) is 22.5. The predicted molar refractivity (Wildman–Crippen MR) is 121 cm³/mol. The number of aromatic nitrogens is 1. The molecule has 0 aliphatic carbocycles. The summed E-state index contributed by atoms with van der Waals surface area (Å²) in [7, 11) is 0. The number of hydrogen-bond donors (Lipinski definition) is 2. The highest BCUT2D eigenvalue weighted by Gasteiger charge is 2.30. The van der Waals surface area contributed by atoms with Crippen molar-refractivity contribution >= 4 is 33.2 Å². The summed E-state index contributed by atoms with van der Waals surface area (Å²) in [5, 5.41) is 3.38. The number of nitrogens with two attached hydrogens (primary N) is 1. The normalized spacial score (nSPS) is 11.5. The zero-order valence-corrected chi connectivity index (χ0v) is 18.0. The van der Waals surface area contributed by atoms with Gasteiger partial charge >= 0.3 is 6.18 Å². The van der Waals surface area contributed by atoms with E-state index >= 15 is 0 Å². The lowest BCUT2D eigenvalue weighted by Crippen LogP contribution is -2.33. The Kier molecular flexibility index (Phi) is 6.15. The third-order valence-electron chi connectivity index (χ3n) is 4.96. The van der Waals surface area contributed by atoms with Crippen molar-refractivity contribution < 1.29 is 22.8 Å². The third-order valence-corrected chi connectivity index (χ3v) is 6.15. The van der Waals surface area contributed by atoms with Crippen molar-refractivity contribution in [2.24, 2.45) is 5.73 Å². The number of nitrogens with one attached hydrogen (secondary N) is 1. The number of nitrogens with zero attached hydrogens (tertiary/aromatic N) is 1. The molecule has 0 bridgehead atoms. The number of benzene rings is 2. The van der Waals surface area contributed by atoms with Crippen LogP contribution < -0.4 is 11.1 Å². The monoisotopic (exact) mass is 469 g/mol. The topological polar surface area (TPSA) is 85.1 Å². The van der Waals surface area contributed by atoms with Crippen LogP contribution >= 0.6 is 11.3 Å². The average molecular weight is 469 g/mol. The van der Waals surface area contributed by atoms with Crippen molar-refractivity contribution in [2.45, 2.75) is 12.6 Å². The Morgan fingerprint density at radius 3 is 2.58 bits per heavy atom. The van der Waals surface area contributed by atoms with Gasteiger partial charge in [-0.3, -0.25) is 14.6 Å². The van der Waals surface area contributed by atoms with E-state index in [1.807, 2.05) is 24.3 Å². The second-order valence-electron chi connectivity index (χ2n) is 7.42. The number of carbonyl (C=O) groups excluding carboxylic acids is 2. The van der Waals surface area contributed by atoms with E-state index in [0.717, 1.165) is 26.6 Å². The lowest BCUT2D eigenvalue weighted by atomic mass is 10.0. The molecular weight excluding hydrogens is 451 g/mol. The summed E-state index contributed by atoms with van der Waals surface area (Å²) in [4.78, 5) is 28.2. The van der Waals surface area contributed by atoms with E-state index in [-0.39, 0.29) is 12.1 Å². The molecule has 2 aromatic heterocycles. The molecular formula is C24H18F3N3O2S. The molecule has 2 heterocycles. The van der Waals surface area contributed by atoms with Crippen LogP contribution in [0.3, 0.4) is 0 Å². The van der Waals surface area contributed by atoms with Gasteiger partial charge in [0, 0.05) is 39.5 Å². The van der Waals surface area contributed by atoms with Gasteiger partial charge in [0.1, 0.15) is 0 Å². The fourth-order valence-electron chi connectivity index (χ4n) is 3.47. The van der Waals surface area contributed by atoms with Gasteiger partial charge in [0.2, 0.25) is 5.91 Å². The summed E-state index contributed by atoms with van der Waals surface area (Å²) in [5.41, 5.74) is 6.82. The van der Waals surface area contributed by atoms with Gasteiger partial charge in [-0.1, -0.05) is 36.4 Å². The number of carbonyl (C=O) groups is 2. The summed E-state index contributed by atoms with van der Waals surface area (Å²) in [6.07, 6.45) is -0.985. The SMILES string of the molecule is NC(=O)CNC(=O)c1cncc(-c2cccc3cc(Cc4cccc(C(F)(F)F)c4)sc23)c1. The van der Waals surface area contributed by atoms with E-state index in [1.54, 1.807) is 18.3 Å². The summed E-state index contributed by atoms with van der Waals surface area (Å²) in [5.74, 6) is -1.11. The Morgan fingerprint density at radius 1 is 1.03 bits per heavy atom. The van der Waals surface area contributed by atoms with Crippen LogP contribution in [0.15, 0.2) is 67.0 Å². The summed E-state index contributed by atoms with van der Waals surface area (Å²) < 4.78 is 40.1. The number of rotatable bonds is 6. The van der Waals surface area contributed by atoms with E-state index in [2.05, 4.69) is 10.3 Å². The van der Waals surface area contributed by atoms with Crippen molar-refractivity contribution in [2.75, 3.05) is 6.54 Å². The molecule has 0 unspecified atom stereocenters. The fraction of sp³-hybridized carbons (Fsp3) is 0.125. The molecule has 4 aromatic rings. The quantitative estimate of drug-likeness (QED) is 0.426. The molecule has 9 heteroatoms. The Labute approximate surface area is 191 Å². The minimum Gasteiger partial charge on any atom is -0.368 e. The van der Waals surface area contributed by atoms with Crippen LogP contribution in [0.5, 0.6) is 0 Å². The zero-order valence-electron chi connectivity index (χ0n) is 17.1. The fourth-order valence-corrected chi connectivity index (χ4v) is 4.70. The molecule has 33 heavy (non-hydrogen) atoms. The Balaban J connectivity index is 1.64. The lowest BCUT2D eigenvalue weighted by Gasteiger charge is -2.08.